The van der Waals surface area contributed by atoms with Gasteiger partial charge in [-0.1, -0.05) is 26.0 Å². The molecule has 2 rings (SSSR count). The molecule has 0 spiro atoms. The van der Waals surface area contributed by atoms with Crippen LogP contribution in [0.2, 0.25) is 0 Å². The van der Waals surface area contributed by atoms with E-state index in [1.54, 1.807) is 18.4 Å². The highest BCUT2D eigenvalue weighted by Crippen LogP contribution is 2.45. The van der Waals surface area contributed by atoms with Gasteiger partial charge in [-0.2, -0.15) is 0 Å². The third kappa shape index (κ3) is 2.51. The topological polar surface area (TPSA) is 30.2 Å². The fourth-order valence-corrected chi connectivity index (χ4v) is 2.82. The van der Waals surface area contributed by atoms with Crippen molar-refractivity contribution < 1.29 is 9.21 Å². The molecule has 1 atom stereocenters. The Bertz CT molecular complexity index is 412. The Balaban J connectivity index is 2.11. The predicted octanol–water partition coefficient (Wildman–Crippen LogP) is 4.23. The highest BCUT2D eigenvalue weighted by Gasteiger charge is 2.36. The van der Waals surface area contributed by atoms with Crippen LogP contribution < -0.4 is 0 Å². The molecule has 1 unspecified atom stereocenters. The molecule has 0 N–H and O–H groups in total. The molecule has 1 aromatic heterocycles. The Morgan fingerprint density at radius 2 is 2.35 bits per heavy atom. The number of Topliss-reactive ketones (excluding diaryl/α,β-unsaturated/α-hetero) is 1. The smallest absolute Gasteiger partial charge is 0.198 e. The van der Waals surface area contributed by atoms with Crippen molar-refractivity contribution in [3.8, 4) is 0 Å². The molecule has 1 saturated carbocycles. The summed E-state index contributed by atoms with van der Waals surface area (Å²) in [4.78, 5) is 12.1. The first-order chi connectivity index (χ1) is 8.00. The summed E-state index contributed by atoms with van der Waals surface area (Å²) in [5.41, 5.74) is 1.40. The Kier molecular flexibility index (Phi) is 3.23. The normalized spacial score (nSPS) is 23.6. The molecule has 0 bridgehead atoms. The van der Waals surface area contributed by atoms with Gasteiger partial charge < -0.3 is 4.42 Å². The molecule has 1 aromatic rings. The van der Waals surface area contributed by atoms with Crippen molar-refractivity contribution in [3.63, 3.8) is 0 Å². The number of rotatable bonds is 3. The van der Waals surface area contributed by atoms with Gasteiger partial charge in [0.1, 0.15) is 0 Å². The minimum absolute atomic E-state index is 0.0936. The maximum Gasteiger partial charge on any atom is 0.198 e. The molecule has 17 heavy (non-hydrogen) atoms. The Hall–Kier alpha value is -1.31. The number of hydrogen-bond acceptors (Lipinski definition) is 2. The van der Waals surface area contributed by atoms with Crippen LogP contribution in [0.3, 0.4) is 0 Å². The van der Waals surface area contributed by atoms with E-state index in [2.05, 4.69) is 20.4 Å². The maximum atomic E-state index is 12.1. The van der Waals surface area contributed by atoms with Crippen LogP contribution in [0.15, 0.2) is 35.0 Å². The third-order valence-electron chi connectivity index (χ3n) is 3.94. The second kappa shape index (κ2) is 4.52. The van der Waals surface area contributed by atoms with Gasteiger partial charge in [0, 0.05) is 6.42 Å². The predicted molar refractivity (Wildman–Crippen MR) is 67.9 cm³/mol. The molecule has 0 radical (unpaired) electrons. The van der Waals surface area contributed by atoms with E-state index in [0.717, 1.165) is 6.42 Å². The number of carbonyl (C=O) groups is 1. The zero-order valence-corrected chi connectivity index (χ0v) is 10.7. The van der Waals surface area contributed by atoms with Crippen LogP contribution in [0, 0.1) is 11.3 Å². The molecule has 1 heterocycles. The standard InChI is InChI=1S/C15H20O2/c1-11-6-4-8-15(2,3)12(11)10-13(16)14-7-5-9-17-14/h5,7,9,12H,1,4,6,8,10H2,2-3H3. The van der Waals surface area contributed by atoms with Crippen LogP contribution in [0.5, 0.6) is 0 Å². The van der Waals surface area contributed by atoms with Gasteiger partial charge in [0.15, 0.2) is 11.5 Å². The molecule has 0 amide bonds. The summed E-state index contributed by atoms with van der Waals surface area (Å²) in [7, 11) is 0. The van der Waals surface area contributed by atoms with Crippen LogP contribution in [0.4, 0.5) is 0 Å². The molecule has 92 valence electrons. The monoisotopic (exact) mass is 232 g/mol. The van der Waals surface area contributed by atoms with Gasteiger partial charge in [0.25, 0.3) is 0 Å². The SMILES string of the molecule is C=C1CCCC(C)(C)C1CC(=O)c1ccco1. The fraction of sp³-hybridized carbons (Fsp3) is 0.533. The first-order valence-electron chi connectivity index (χ1n) is 6.25. The van der Waals surface area contributed by atoms with Gasteiger partial charge in [0.2, 0.25) is 0 Å². The number of furan rings is 1. The largest absolute Gasteiger partial charge is 0.461 e. The molecular weight excluding hydrogens is 212 g/mol. The van der Waals surface area contributed by atoms with Crippen molar-refractivity contribution in [2.24, 2.45) is 11.3 Å². The molecule has 1 fully saturated rings. The highest BCUT2D eigenvalue weighted by molar-refractivity contribution is 5.93. The molecular formula is C15H20O2. The van der Waals surface area contributed by atoms with Crippen molar-refractivity contribution >= 4 is 5.78 Å². The minimum atomic E-state index is 0.0936. The molecule has 0 aromatic carbocycles. The second-order valence-electron chi connectivity index (χ2n) is 5.66. The van der Waals surface area contributed by atoms with Gasteiger partial charge in [-0.3, -0.25) is 4.79 Å². The Morgan fingerprint density at radius 3 is 2.94 bits per heavy atom. The van der Waals surface area contributed by atoms with Crippen molar-refractivity contribution in [2.45, 2.75) is 39.5 Å². The summed E-state index contributed by atoms with van der Waals surface area (Å²) in [5.74, 6) is 0.851. The lowest BCUT2D eigenvalue weighted by molar-refractivity contribution is 0.0875. The molecule has 0 saturated heterocycles. The van der Waals surface area contributed by atoms with Crippen LogP contribution in [-0.4, -0.2) is 5.78 Å². The summed E-state index contributed by atoms with van der Waals surface area (Å²) in [6.07, 6.45) is 5.49. The Labute approximate surface area is 103 Å². The first kappa shape index (κ1) is 12.2. The van der Waals surface area contributed by atoms with Crippen LogP contribution in [-0.2, 0) is 0 Å². The lowest BCUT2D eigenvalue weighted by atomic mass is 9.65. The Morgan fingerprint density at radius 1 is 1.59 bits per heavy atom. The van der Waals surface area contributed by atoms with Gasteiger partial charge in [-0.05, 0) is 42.7 Å². The van der Waals surface area contributed by atoms with Crippen molar-refractivity contribution in [1.82, 2.24) is 0 Å². The van der Waals surface area contributed by atoms with Gasteiger partial charge in [0.05, 0.1) is 6.26 Å². The molecule has 1 aliphatic rings. The van der Waals surface area contributed by atoms with Crippen molar-refractivity contribution in [3.05, 3.63) is 36.3 Å². The lowest BCUT2D eigenvalue weighted by Gasteiger charge is -2.39. The van der Waals surface area contributed by atoms with Gasteiger partial charge in [-0.25, -0.2) is 0 Å². The second-order valence-corrected chi connectivity index (χ2v) is 5.66. The molecule has 0 aliphatic heterocycles. The average Bonchev–Trinajstić information content (AvgIpc) is 2.76. The van der Waals surface area contributed by atoms with E-state index >= 15 is 0 Å². The van der Waals surface area contributed by atoms with Crippen LogP contribution in [0.25, 0.3) is 0 Å². The summed E-state index contributed by atoms with van der Waals surface area (Å²) < 4.78 is 5.16. The lowest BCUT2D eigenvalue weighted by Crippen LogP contribution is -2.31. The van der Waals surface area contributed by atoms with E-state index in [1.807, 2.05) is 0 Å². The number of hydrogen-bond donors (Lipinski definition) is 0. The van der Waals surface area contributed by atoms with E-state index in [-0.39, 0.29) is 17.1 Å². The first-order valence-corrected chi connectivity index (χ1v) is 6.25. The average molecular weight is 232 g/mol. The summed E-state index contributed by atoms with van der Waals surface area (Å²) in [6.45, 7) is 8.61. The van der Waals surface area contributed by atoms with Crippen LogP contribution in [0.1, 0.15) is 50.1 Å². The fourth-order valence-electron chi connectivity index (χ4n) is 2.82. The minimum Gasteiger partial charge on any atom is -0.461 e. The number of allylic oxidation sites excluding steroid dienone is 1. The molecule has 2 heteroatoms. The third-order valence-corrected chi connectivity index (χ3v) is 3.94. The number of carbonyl (C=O) groups excluding carboxylic acids is 1. The summed E-state index contributed by atoms with van der Waals surface area (Å²) in [5, 5.41) is 0. The summed E-state index contributed by atoms with van der Waals surface area (Å²) in [6, 6.07) is 3.50. The van der Waals surface area contributed by atoms with E-state index in [0.29, 0.717) is 12.2 Å². The zero-order chi connectivity index (χ0) is 12.5. The van der Waals surface area contributed by atoms with E-state index < -0.39 is 0 Å². The molecule has 1 aliphatic carbocycles. The maximum absolute atomic E-state index is 12.1. The van der Waals surface area contributed by atoms with Crippen molar-refractivity contribution in [2.75, 3.05) is 0 Å². The van der Waals surface area contributed by atoms with Gasteiger partial charge in [-0.15, -0.1) is 0 Å². The highest BCUT2D eigenvalue weighted by atomic mass is 16.3. The number of ketones is 1. The van der Waals surface area contributed by atoms with E-state index in [9.17, 15) is 4.79 Å². The van der Waals surface area contributed by atoms with Crippen LogP contribution >= 0.6 is 0 Å². The van der Waals surface area contributed by atoms with E-state index in [4.69, 9.17) is 4.42 Å². The molecule has 2 nitrogen and oxygen atoms in total. The zero-order valence-electron chi connectivity index (χ0n) is 10.7. The summed E-state index contributed by atoms with van der Waals surface area (Å²) >= 11 is 0. The van der Waals surface area contributed by atoms with Crippen molar-refractivity contribution in [1.29, 1.82) is 0 Å². The van der Waals surface area contributed by atoms with E-state index in [1.165, 1.54) is 18.4 Å². The van der Waals surface area contributed by atoms with Gasteiger partial charge >= 0.3 is 0 Å². The quantitative estimate of drug-likeness (QED) is 0.576.